The highest BCUT2D eigenvalue weighted by Crippen LogP contribution is 2.17. The third-order valence-electron chi connectivity index (χ3n) is 2.43. The second kappa shape index (κ2) is 4.03. The zero-order valence-electron chi connectivity index (χ0n) is 9.06. The molecule has 1 aromatic carbocycles. The second-order valence-corrected chi connectivity index (χ2v) is 3.59. The fourth-order valence-corrected chi connectivity index (χ4v) is 1.50. The van der Waals surface area contributed by atoms with E-state index in [9.17, 15) is 9.59 Å². The molecule has 1 atom stereocenters. The van der Waals surface area contributed by atoms with Gasteiger partial charge in [0.25, 0.3) is 5.78 Å². The van der Waals surface area contributed by atoms with Gasteiger partial charge in [-0.25, -0.2) is 5.01 Å². The standard InChI is InChI=1S/C11H12N2O3/c1-7-3-5-8(6-4-7)13-11(15)9(14)10(12-13)16-2/h3-6,10,12H,1-2H3. The van der Waals surface area contributed by atoms with Crippen molar-refractivity contribution in [3.8, 4) is 0 Å². The molecule has 0 aromatic heterocycles. The van der Waals surface area contributed by atoms with Gasteiger partial charge in [0.15, 0.2) is 6.23 Å². The number of Topliss-reactive ketones (excluding diaryl/α,β-unsaturated/α-hetero) is 1. The highest BCUT2D eigenvalue weighted by atomic mass is 16.5. The van der Waals surface area contributed by atoms with Crippen molar-refractivity contribution in [2.45, 2.75) is 13.2 Å². The molecule has 0 bridgehead atoms. The zero-order valence-corrected chi connectivity index (χ0v) is 9.06. The first kappa shape index (κ1) is 10.8. The summed E-state index contributed by atoms with van der Waals surface area (Å²) in [5, 5.41) is 1.20. The van der Waals surface area contributed by atoms with Crippen LogP contribution in [0.5, 0.6) is 0 Å². The van der Waals surface area contributed by atoms with Crippen LogP contribution < -0.4 is 10.4 Å². The molecule has 1 aliphatic heterocycles. The van der Waals surface area contributed by atoms with Crippen LogP contribution >= 0.6 is 0 Å². The summed E-state index contributed by atoms with van der Waals surface area (Å²) in [6.07, 6.45) is -0.881. The number of methoxy groups -OCH3 is 1. The minimum atomic E-state index is -0.881. The summed E-state index contributed by atoms with van der Waals surface area (Å²) in [5.41, 5.74) is 4.40. The molecule has 1 aromatic rings. The number of rotatable bonds is 2. The number of anilines is 1. The lowest BCUT2D eigenvalue weighted by molar-refractivity contribution is -0.138. The van der Waals surface area contributed by atoms with Crippen LogP contribution in [0.2, 0.25) is 0 Å². The largest absolute Gasteiger partial charge is 0.357 e. The molecule has 1 heterocycles. The van der Waals surface area contributed by atoms with Gasteiger partial charge < -0.3 is 4.74 Å². The summed E-state index contributed by atoms with van der Waals surface area (Å²) < 4.78 is 4.85. The number of nitrogens with one attached hydrogen (secondary N) is 1. The van der Waals surface area contributed by atoms with E-state index in [-0.39, 0.29) is 0 Å². The van der Waals surface area contributed by atoms with E-state index in [1.165, 1.54) is 12.1 Å². The van der Waals surface area contributed by atoms with Crippen molar-refractivity contribution < 1.29 is 14.3 Å². The Morgan fingerprint density at radius 3 is 2.38 bits per heavy atom. The molecule has 1 unspecified atom stereocenters. The average molecular weight is 220 g/mol. The Balaban J connectivity index is 2.26. The summed E-state index contributed by atoms with van der Waals surface area (Å²) in [7, 11) is 1.38. The first-order chi connectivity index (χ1) is 7.63. The molecular formula is C11H12N2O3. The molecule has 84 valence electrons. The molecule has 0 aliphatic carbocycles. The van der Waals surface area contributed by atoms with E-state index in [2.05, 4.69) is 5.43 Å². The lowest BCUT2D eigenvalue weighted by Gasteiger charge is -2.16. The molecule has 5 nitrogen and oxygen atoms in total. The quantitative estimate of drug-likeness (QED) is 0.732. The maximum absolute atomic E-state index is 11.6. The number of ether oxygens (including phenoxy) is 1. The third-order valence-corrected chi connectivity index (χ3v) is 2.43. The summed E-state index contributed by atoms with van der Waals surface area (Å²) in [5.74, 6) is -1.18. The van der Waals surface area contributed by atoms with Crippen LogP contribution in [-0.4, -0.2) is 25.0 Å². The highest BCUT2D eigenvalue weighted by Gasteiger charge is 2.39. The number of nitrogens with zero attached hydrogens (tertiary/aromatic N) is 1. The predicted octanol–water partition coefficient (Wildman–Crippen LogP) is 0.388. The van der Waals surface area contributed by atoms with Crippen molar-refractivity contribution in [2.75, 3.05) is 12.1 Å². The first-order valence-electron chi connectivity index (χ1n) is 4.87. The van der Waals surface area contributed by atoms with Crippen LogP contribution in [0, 0.1) is 6.92 Å². The van der Waals surface area contributed by atoms with Gasteiger partial charge in [-0.2, -0.15) is 5.43 Å². The first-order valence-corrected chi connectivity index (χ1v) is 4.87. The Kier molecular flexibility index (Phi) is 2.72. The number of aryl methyl sites for hydroxylation is 1. The number of ketones is 1. The third kappa shape index (κ3) is 1.70. The van der Waals surface area contributed by atoms with Gasteiger partial charge in [-0.1, -0.05) is 17.7 Å². The monoisotopic (exact) mass is 220 g/mol. The molecule has 2 rings (SSSR count). The molecule has 1 amide bonds. The molecule has 0 saturated carbocycles. The number of hydrogen-bond acceptors (Lipinski definition) is 4. The van der Waals surface area contributed by atoms with Crippen molar-refractivity contribution in [3.63, 3.8) is 0 Å². The SMILES string of the molecule is COC1NN(c2ccc(C)cc2)C(=O)C1=O. The summed E-state index contributed by atoms with van der Waals surface area (Å²) >= 11 is 0. The fourth-order valence-electron chi connectivity index (χ4n) is 1.50. The molecular weight excluding hydrogens is 208 g/mol. The van der Waals surface area contributed by atoms with Gasteiger partial charge >= 0.3 is 5.91 Å². The predicted molar refractivity (Wildman–Crippen MR) is 57.6 cm³/mol. The normalized spacial score (nSPS) is 20.6. The number of carbonyl (C=O) groups is 2. The van der Waals surface area contributed by atoms with Crippen molar-refractivity contribution in [1.29, 1.82) is 0 Å². The van der Waals surface area contributed by atoms with Gasteiger partial charge in [-0.15, -0.1) is 0 Å². The summed E-state index contributed by atoms with van der Waals surface area (Å²) in [6, 6.07) is 7.28. The van der Waals surface area contributed by atoms with E-state index < -0.39 is 17.9 Å². The lowest BCUT2D eigenvalue weighted by atomic mass is 10.2. The van der Waals surface area contributed by atoms with Crippen LogP contribution in [-0.2, 0) is 14.3 Å². The molecule has 1 fully saturated rings. The number of hydrazine groups is 1. The molecule has 1 saturated heterocycles. The van der Waals surface area contributed by atoms with Crippen molar-refractivity contribution in [2.24, 2.45) is 0 Å². The van der Waals surface area contributed by atoms with Crippen LogP contribution in [0.25, 0.3) is 0 Å². The smallest absolute Gasteiger partial charge is 0.313 e. The van der Waals surface area contributed by atoms with Gasteiger partial charge in [0.2, 0.25) is 0 Å². The van der Waals surface area contributed by atoms with Crippen molar-refractivity contribution in [1.82, 2.24) is 5.43 Å². The van der Waals surface area contributed by atoms with Crippen LogP contribution in [0.3, 0.4) is 0 Å². The average Bonchev–Trinajstić information content (AvgIpc) is 2.57. The Morgan fingerprint density at radius 1 is 1.25 bits per heavy atom. The lowest BCUT2D eigenvalue weighted by Crippen LogP contribution is -2.38. The van der Waals surface area contributed by atoms with E-state index in [0.29, 0.717) is 5.69 Å². The van der Waals surface area contributed by atoms with Gasteiger partial charge in [0.1, 0.15) is 0 Å². The molecule has 1 aliphatic rings. The van der Waals surface area contributed by atoms with Gasteiger partial charge in [0, 0.05) is 7.11 Å². The number of carbonyl (C=O) groups excluding carboxylic acids is 2. The highest BCUT2D eigenvalue weighted by molar-refractivity contribution is 6.44. The Hall–Kier alpha value is -1.72. The molecule has 1 N–H and O–H groups in total. The minimum Gasteiger partial charge on any atom is -0.357 e. The van der Waals surface area contributed by atoms with Gasteiger partial charge in [-0.3, -0.25) is 9.59 Å². The van der Waals surface area contributed by atoms with E-state index in [4.69, 9.17) is 4.74 Å². The Labute approximate surface area is 93.0 Å². The Morgan fingerprint density at radius 2 is 1.88 bits per heavy atom. The molecule has 0 radical (unpaired) electrons. The van der Waals surface area contributed by atoms with Crippen LogP contribution in [0.15, 0.2) is 24.3 Å². The Bertz CT molecular complexity index is 427. The van der Waals surface area contributed by atoms with Crippen LogP contribution in [0.1, 0.15) is 5.56 Å². The fraction of sp³-hybridized carbons (Fsp3) is 0.273. The zero-order chi connectivity index (χ0) is 11.7. The maximum Gasteiger partial charge on any atom is 0.313 e. The summed E-state index contributed by atoms with van der Waals surface area (Å²) in [6.45, 7) is 1.95. The molecule has 5 heteroatoms. The number of amides is 1. The van der Waals surface area contributed by atoms with Crippen molar-refractivity contribution >= 4 is 17.4 Å². The van der Waals surface area contributed by atoms with E-state index in [0.717, 1.165) is 5.56 Å². The molecule has 0 spiro atoms. The van der Waals surface area contributed by atoms with E-state index in [1.54, 1.807) is 12.1 Å². The summed E-state index contributed by atoms with van der Waals surface area (Å²) in [4.78, 5) is 23.0. The van der Waals surface area contributed by atoms with E-state index >= 15 is 0 Å². The second-order valence-electron chi connectivity index (χ2n) is 3.59. The number of hydrogen-bond donors (Lipinski definition) is 1. The van der Waals surface area contributed by atoms with Gasteiger partial charge in [0.05, 0.1) is 5.69 Å². The maximum atomic E-state index is 11.6. The minimum absolute atomic E-state index is 0.580. The molecule has 16 heavy (non-hydrogen) atoms. The number of benzene rings is 1. The van der Waals surface area contributed by atoms with Crippen LogP contribution in [0.4, 0.5) is 5.69 Å². The topological polar surface area (TPSA) is 58.6 Å². The van der Waals surface area contributed by atoms with Gasteiger partial charge in [-0.05, 0) is 19.1 Å². The van der Waals surface area contributed by atoms with Crippen molar-refractivity contribution in [3.05, 3.63) is 29.8 Å². The van der Waals surface area contributed by atoms with E-state index in [1.807, 2.05) is 19.1 Å².